The lowest BCUT2D eigenvalue weighted by Crippen LogP contribution is -1.94. The first-order valence-electron chi connectivity index (χ1n) is 3.20. The molecule has 0 aliphatic rings. The molecule has 0 unspecified atom stereocenters. The van der Waals surface area contributed by atoms with Crippen molar-refractivity contribution in [1.82, 2.24) is 0 Å². The smallest absolute Gasteiger partial charge is 0.331 e. The van der Waals surface area contributed by atoms with Crippen molar-refractivity contribution in [3.63, 3.8) is 0 Å². The van der Waals surface area contributed by atoms with Gasteiger partial charge in [-0.25, -0.2) is 4.79 Å². The molecule has 1 N–H and O–H groups in total. The molecule has 0 amide bonds. The van der Waals surface area contributed by atoms with Gasteiger partial charge in [-0.05, 0) is 26.0 Å². The molecule has 0 aliphatic carbocycles. The summed E-state index contributed by atoms with van der Waals surface area (Å²) in [5.74, 6) is -0.226. The zero-order chi connectivity index (χ0) is 8.85. The number of carboxylic acids is 1. The number of allylic oxidation sites excluding steroid dienone is 3. The summed E-state index contributed by atoms with van der Waals surface area (Å²) in [5, 5.41) is 8.43. The van der Waals surface area contributed by atoms with Crippen LogP contribution in [-0.4, -0.2) is 18.2 Å². The summed E-state index contributed by atoms with van der Waals surface area (Å²) in [5.41, 5.74) is 0.293. The maximum Gasteiger partial charge on any atom is 0.331 e. The van der Waals surface area contributed by atoms with Crippen molar-refractivity contribution in [3.8, 4) is 0 Å². The molecule has 0 aromatic rings. The number of ether oxygens (including phenoxy) is 1. The average molecular weight is 156 g/mol. The summed E-state index contributed by atoms with van der Waals surface area (Å²) >= 11 is 0. The Morgan fingerprint density at radius 3 is 2.27 bits per heavy atom. The Labute approximate surface area is 66.0 Å². The third kappa shape index (κ3) is 4.19. The van der Waals surface area contributed by atoms with E-state index in [0.29, 0.717) is 11.3 Å². The molecule has 0 saturated heterocycles. The highest BCUT2D eigenvalue weighted by molar-refractivity contribution is 5.86. The molecule has 0 spiro atoms. The predicted molar refractivity (Wildman–Crippen MR) is 42.2 cm³/mol. The third-order valence-electron chi connectivity index (χ3n) is 1.23. The second-order valence-electron chi connectivity index (χ2n) is 2.14. The Balaban J connectivity index is 4.22. The summed E-state index contributed by atoms with van der Waals surface area (Å²) in [6.45, 7) is 3.29. The van der Waals surface area contributed by atoms with Crippen LogP contribution < -0.4 is 0 Å². The van der Waals surface area contributed by atoms with Gasteiger partial charge in [0.05, 0.1) is 12.9 Å². The largest absolute Gasteiger partial charge is 0.501 e. The molecule has 0 atom stereocenters. The molecular formula is C8H12O3. The minimum Gasteiger partial charge on any atom is -0.501 e. The zero-order valence-electron chi connectivity index (χ0n) is 6.92. The lowest BCUT2D eigenvalue weighted by atomic mass is 10.3. The standard InChI is InChI=1S/C8H12O3/c1-6(8(9)10)4-5-7(2)11-3/h4-5H,1-3H3,(H,9,10)/b6-4+,7-5+. The van der Waals surface area contributed by atoms with E-state index < -0.39 is 5.97 Å². The number of carbonyl (C=O) groups is 1. The fraction of sp³-hybridized carbons (Fsp3) is 0.375. The minimum atomic E-state index is -0.912. The molecule has 11 heavy (non-hydrogen) atoms. The summed E-state index contributed by atoms with van der Waals surface area (Å²) in [6.07, 6.45) is 3.12. The first kappa shape index (κ1) is 9.75. The van der Waals surface area contributed by atoms with Crippen LogP contribution in [0.1, 0.15) is 13.8 Å². The third-order valence-corrected chi connectivity index (χ3v) is 1.23. The van der Waals surface area contributed by atoms with E-state index in [1.54, 1.807) is 13.0 Å². The van der Waals surface area contributed by atoms with Crippen LogP contribution in [0.5, 0.6) is 0 Å². The van der Waals surface area contributed by atoms with Crippen LogP contribution in [0.25, 0.3) is 0 Å². The number of hydrogen-bond donors (Lipinski definition) is 1. The van der Waals surface area contributed by atoms with Crippen LogP contribution in [0.15, 0.2) is 23.5 Å². The first-order chi connectivity index (χ1) is 5.07. The quantitative estimate of drug-likeness (QED) is 0.383. The van der Waals surface area contributed by atoms with Crippen LogP contribution in [-0.2, 0) is 9.53 Å². The monoisotopic (exact) mass is 156 g/mol. The number of hydrogen-bond acceptors (Lipinski definition) is 2. The molecule has 0 rings (SSSR count). The van der Waals surface area contributed by atoms with E-state index in [0.717, 1.165) is 0 Å². The van der Waals surface area contributed by atoms with Gasteiger partial charge in [0.2, 0.25) is 0 Å². The molecular weight excluding hydrogens is 144 g/mol. The highest BCUT2D eigenvalue weighted by atomic mass is 16.5. The van der Waals surface area contributed by atoms with Crippen LogP contribution in [0.3, 0.4) is 0 Å². The van der Waals surface area contributed by atoms with Gasteiger partial charge in [-0.3, -0.25) is 0 Å². The van der Waals surface area contributed by atoms with Gasteiger partial charge in [-0.1, -0.05) is 0 Å². The van der Waals surface area contributed by atoms with Crippen molar-refractivity contribution in [1.29, 1.82) is 0 Å². The molecule has 0 radical (unpaired) electrons. The molecule has 0 aliphatic heterocycles. The van der Waals surface area contributed by atoms with E-state index in [-0.39, 0.29) is 0 Å². The van der Waals surface area contributed by atoms with Crippen molar-refractivity contribution in [2.45, 2.75) is 13.8 Å². The maximum atomic E-state index is 10.3. The van der Waals surface area contributed by atoms with E-state index in [1.165, 1.54) is 20.1 Å². The predicted octanol–water partition coefficient (Wildman–Crippen LogP) is 1.57. The van der Waals surface area contributed by atoms with Gasteiger partial charge in [0, 0.05) is 5.57 Å². The Morgan fingerprint density at radius 1 is 1.36 bits per heavy atom. The molecule has 0 bridgehead atoms. The van der Waals surface area contributed by atoms with E-state index in [1.807, 2.05) is 0 Å². The van der Waals surface area contributed by atoms with E-state index >= 15 is 0 Å². The molecule has 0 heterocycles. The number of aliphatic carboxylic acids is 1. The van der Waals surface area contributed by atoms with Crippen LogP contribution in [0, 0.1) is 0 Å². The Hall–Kier alpha value is -1.25. The highest BCUT2D eigenvalue weighted by Crippen LogP contribution is 1.97. The topological polar surface area (TPSA) is 46.5 Å². The van der Waals surface area contributed by atoms with Crippen molar-refractivity contribution in [2.75, 3.05) is 7.11 Å². The molecule has 0 aromatic carbocycles. The van der Waals surface area contributed by atoms with Crippen molar-refractivity contribution in [3.05, 3.63) is 23.5 Å². The molecule has 0 saturated carbocycles. The van der Waals surface area contributed by atoms with Gasteiger partial charge < -0.3 is 9.84 Å². The van der Waals surface area contributed by atoms with Crippen molar-refractivity contribution < 1.29 is 14.6 Å². The average Bonchev–Trinajstić information content (AvgIpc) is 1.99. The van der Waals surface area contributed by atoms with Gasteiger partial charge in [0.1, 0.15) is 0 Å². The van der Waals surface area contributed by atoms with Crippen LogP contribution >= 0.6 is 0 Å². The molecule has 0 aromatic heterocycles. The van der Waals surface area contributed by atoms with Gasteiger partial charge in [0.25, 0.3) is 0 Å². The fourth-order valence-electron chi connectivity index (χ4n) is 0.382. The lowest BCUT2D eigenvalue weighted by Gasteiger charge is -1.94. The molecule has 3 nitrogen and oxygen atoms in total. The number of carboxylic acid groups (broad SMARTS) is 1. The van der Waals surface area contributed by atoms with Crippen LogP contribution in [0.2, 0.25) is 0 Å². The Bertz CT molecular complexity index is 201. The first-order valence-corrected chi connectivity index (χ1v) is 3.20. The summed E-state index contributed by atoms with van der Waals surface area (Å²) < 4.78 is 4.80. The van der Waals surface area contributed by atoms with Gasteiger partial charge in [-0.15, -0.1) is 0 Å². The molecule has 3 heteroatoms. The summed E-state index contributed by atoms with van der Waals surface area (Å²) in [6, 6.07) is 0. The van der Waals surface area contributed by atoms with Crippen LogP contribution in [0.4, 0.5) is 0 Å². The second kappa shape index (κ2) is 4.55. The van der Waals surface area contributed by atoms with E-state index in [9.17, 15) is 4.79 Å². The number of methoxy groups -OCH3 is 1. The lowest BCUT2D eigenvalue weighted by molar-refractivity contribution is -0.132. The summed E-state index contributed by atoms with van der Waals surface area (Å²) in [4.78, 5) is 10.3. The normalized spacial score (nSPS) is 13.0. The summed E-state index contributed by atoms with van der Waals surface area (Å²) in [7, 11) is 1.54. The van der Waals surface area contributed by atoms with Gasteiger partial charge in [-0.2, -0.15) is 0 Å². The minimum absolute atomic E-state index is 0.293. The SMILES string of the molecule is CO/C(C)=C/C=C(\C)C(=O)O. The fourth-order valence-corrected chi connectivity index (χ4v) is 0.382. The Kier molecular flexibility index (Phi) is 4.03. The highest BCUT2D eigenvalue weighted by Gasteiger charge is 1.96. The van der Waals surface area contributed by atoms with E-state index in [4.69, 9.17) is 9.84 Å². The maximum absolute atomic E-state index is 10.3. The van der Waals surface area contributed by atoms with Crippen molar-refractivity contribution in [2.24, 2.45) is 0 Å². The van der Waals surface area contributed by atoms with Crippen molar-refractivity contribution >= 4 is 5.97 Å². The second-order valence-corrected chi connectivity index (χ2v) is 2.14. The molecule has 62 valence electrons. The molecule has 0 fully saturated rings. The Morgan fingerprint density at radius 2 is 1.91 bits per heavy atom. The van der Waals surface area contributed by atoms with Gasteiger partial charge in [0.15, 0.2) is 0 Å². The zero-order valence-corrected chi connectivity index (χ0v) is 6.92. The van der Waals surface area contributed by atoms with Gasteiger partial charge >= 0.3 is 5.97 Å². The number of rotatable bonds is 3. The van der Waals surface area contributed by atoms with E-state index in [2.05, 4.69) is 0 Å².